The van der Waals surface area contributed by atoms with Gasteiger partial charge in [-0.25, -0.2) is 4.98 Å². The second kappa shape index (κ2) is 9.69. The van der Waals surface area contributed by atoms with Crippen LogP contribution in [0.2, 0.25) is 10.0 Å². The van der Waals surface area contributed by atoms with Crippen molar-refractivity contribution < 1.29 is 4.74 Å². The Morgan fingerprint density at radius 2 is 1.94 bits per heavy atom. The minimum absolute atomic E-state index is 0.111. The van der Waals surface area contributed by atoms with Crippen molar-refractivity contribution in [2.45, 2.75) is 19.6 Å². The van der Waals surface area contributed by atoms with Gasteiger partial charge in [-0.3, -0.25) is 4.90 Å². The summed E-state index contributed by atoms with van der Waals surface area (Å²) in [4.78, 5) is 7.21. The van der Waals surface area contributed by atoms with Crippen molar-refractivity contribution in [1.29, 1.82) is 0 Å². The molecule has 1 aliphatic rings. The van der Waals surface area contributed by atoms with E-state index in [0.29, 0.717) is 16.6 Å². The number of benzene rings is 2. The Balaban J connectivity index is 1.39. The molecule has 33 heavy (non-hydrogen) atoms. The van der Waals surface area contributed by atoms with Gasteiger partial charge in [0.25, 0.3) is 0 Å². The second-order valence-corrected chi connectivity index (χ2v) is 8.94. The molecule has 1 unspecified atom stereocenters. The third-order valence-electron chi connectivity index (χ3n) is 6.01. The lowest BCUT2D eigenvalue weighted by molar-refractivity contribution is -0.0281. The number of hydrogen-bond donors (Lipinski definition) is 1. The molecule has 1 aliphatic heterocycles. The first kappa shape index (κ1) is 22.2. The molecule has 5 rings (SSSR count). The summed E-state index contributed by atoms with van der Waals surface area (Å²) in [5, 5.41) is 9.10. The van der Waals surface area contributed by atoms with Crippen molar-refractivity contribution in [3.63, 3.8) is 0 Å². The van der Waals surface area contributed by atoms with Crippen LogP contribution in [0, 0.1) is 0 Å². The third kappa shape index (κ3) is 4.84. The molecule has 2 aromatic heterocycles. The zero-order valence-electron chi connectivity index (χ0n) is 18.3. The standard InChI is InChI=1S/C25H25Cl2N5O/c1-2-31-11-12-33-23(16-31)18-5-3-17(4-6-18)22-14-25(32-24(30-22)9-10-29-32)28-15-19-7-8-20(26)13-21(19)27/h3-10,13-14,23,28H,2,11-12,15-16H2,1H3. The number of hydrogen-bond acceptors (Lipinski definition) is 5. The smallest absolute Gasteiger partial charge is 0.157 e. The van der Waals surface area contributed by atoms with E-state index in [1.165, 1.54) is 5.56 Å². The van der Waals surface area contributed by atoms with E-state index in [9.17, 15) is 0 Å². The van der Waals surface area contributed by atoms with Gasteiger partial charge < -0.3 is 10.1 Å². The molecule has 4 aromatic rings. The molecule has 0 amide bonds. The molecule has 0 radical (unpaired) electrons. The van der Waals surface area contributed by atoms with E-state index in [1.807, 2.05) is 24.3 Å². The summed E-state index contributed by atoms with van der Waals surface area (Å²) in [6.45, 7) is 6.47. The molecular weight excluding hydrogens is 457 g/mol. The highest BCUT2D eigenvalue weighted by Crippen LogP contribution is 2.28. The van der Waals surface area contributed by atoms with E-state index in [0.717, 1.165) is 54.5 Å². The van der Waals surface area contributed by atoms with Gasteiger partial charge in [0.15, 0.2) is 5.65 Å². The van der Waals surface area contributed by atoms with Crippen LogP contribution in [0.3, 0.4) is 0 Å². The predicted octanol–water partition coefficient (Wildman–Crippen LogP) is 5.71. The van der Waals surface area contributed by atoms with Crippen LogP contribution >= 0.6 is 23.2 Å². The van der Waals surface area contributed by atoms with Crippen LogP contribution in [-0.4, -0.2) is 45.7 Å². The monoisotopic (exact) mass is 481 g/mol. The largest absolute Gasteiger partial charge is 0.371 e. The van der Waals surface area contributed by atoms with Gasteiger partial charge in [-0.1, -0.05) is 60.5 Å². The molecule has 1 atom stereocenters. The molecular formula is C25H25Cl2N5O. The number of nitrogens with one attached hydrogen (secondary N) is 1. The lowest BCUT2D eigenvalue weighted by Crippen LogP contribution is -2.38. The number of aromatic nitrogens is 3. The Morgan fingerprint density at radius 3 is 2.73 bits per heavy atom. The summed E-state index contributed by atoms with van der Waals surface area (Å²) < 4.78 is 7.79. The molecule has 0 bridgehead atoms. The Hall–Kier alpha value is -2.64. The first-order valence-electron chi connectivity index (χ1n) is 11.1. The average Bonchev–Trinajstić information content (AvgIpc) is 3.32. The lowest BCUT2D eigenvalue weighted by Gasteiger charge is -2.32. The fraction of sp³-hybridized carbons (Fsp3) is 0.280. The first-order chi connectivity index (χ1) is 16.1. The van der Waals surface area contributed by atoms with Crippen molar-refractivity contribution >= 4 is 34.7 Å². The number of ether oxygens (including phenoxy) is 1. The molecule has 1 saturated heterocycles. The zero-order valence-corrected chi connectivity index (χ0v) is 19.9. The van der Waals surface area contributed by atoms with Gasteiger partial charge in [-0.05, 0) is 29.8 Å². The first-order valence-corrected chi connectivity index (χ1v) is 11.8. The van der Waals surface area contributed by atoms with E-state index in [-0.39, 0.29) is 6.10 Å². The minimum Gasteiger partial charge on any atom is -0.371 e. The maximum absolute atomic E-state index is 6.34. The Kier molecular flexibility index (Phi) is 6.51. The average molecular weight is 482 g/mol. The van der Waals surface area contributed by atoms with Crippen molar-refractivity contribution in [2.24, 2.45) is 0 Å². The molecule has 8 heteroatoms. The lowest BCUT2D eigenvalue weighted by atomic mass is 10.0. The summed E-state index contributed by atoms with van der Waals surface area (Å²) in [6.07, 6.45) is 1.86. The number of nitrogens with zero attached hydrogens (tertiary/aromatic N) is 4. The molecule has 0 aliphatic carbocycles. The fourth-order valence-electron chi connectivity index (χ4n) is 4.10. The molecule has 6 nitrogen and oxygen atoms in total. The van der Waals surface area contributed by atoms with Gasteiger partial charge in [0, 0.05) is 47.4 Å². The Bertz CT molecular complexity index is 1260. The zero-order chi connectivity index (χ0) is 22.8. The number of rotatable bonds is 6. The summed E-state index contributed by atoms with van der Waals surface area (Å²) in [6, 6.07) is 17.9. The second-order valence-electron chi connectivity index (χ2n) is 8.09. The van der Waals surface area contributed by atoms with Crippen LogP contribution in [0.5, 0.6) is 0 Å². The van der Waals surface area contributed by atoms with Gasteiger partial charge in [-0.2, -0.15) is 9.61 Å². The maximum Gasteiger partial charge on any atom is 0.157 e. The summed E-state index contributed by atoms with van der Waals surface area (Å²) in [5.74, 6) is 0.837. The topological polar surface area (TPSA) is 54.7 Å². The SMILES string of the molecule is CCN1CCOC(c2ccc(-c3cc(NCc4ccc(Cl)cc4Cl)n4nccc4n3)cc2)C1. The number of likely N-dealkylation sites (N-methyl/N-ethyl adjacent to an activating group) is 1. The van der Waals surface area contributed by atoms with Gasteiger partial charge >= 0.3 is 0 Å². The number of fused-ring (bicyclic) bond motifs is 1. The van der Waals surface area contributed by atoms with Crippen LogP contribution in [0.15, 0.2) is 60.8 Å². The third-order valence-corrected chi connectivity index (χ3v) is 6.60. The van der Waals surface area contributed by atoms with E-state index < -0.39 is 0 Å². The minimum atomic E-state index is 0.111. The van der Waals surface area contributed by atoms with Crippen molar-refractivity contribution in [2.75, 3.05) is 31.6 Å². The molecule has 0 spiro atoms. The Labute approximate surface area is 203 Å². The van der Waals surface area contributed by atoms with Crippen molar-refractivity contribution in [3.8, 4) is 11.3 Å². The Morgan fingerprint density at radius 1 is 1.09 bits per heavy atom. The van der Waals surface area contributed by atoms with Crippen LogP contribution in [-0.2, 0) is 11.3 Å². The molecule has 0 saturated carbocycles. The van der Waals surface area contributed by atoms with Crippen LogP contribution in [0.4, 0.5) is 5.82 Å². The highest BCUT2D eigenvalue weighted by atomic mass is 35.5. The van der Waals surface area contributed by atoms with Gasteiger partial charge in [0.05, 0.1) is 24.6 Å². The van der Waals surface area contributed by atoms with E-state index in [1.54, 1.807) is 16.8 Å². The van der Waals surface area contributed by atoms with Crippen LogP contribution in [0.25, 0.3) is 16.9 Å². The molecule has 1 fully saturated rings. The van der Waals surface area contributed by atoms with E-state index in [4.69, 9.17) is 32.9 Å². The van der Waals surface area contributed by atoms with E-state index in [2.05, 4.69) is 46.5 Å². The molecule has 170 valence electrons. The number of morpholine rings is 1. The fourth-order valence-corrected chi connectivity index (χ4v) is 4.57. The summed E-state index contributed by atoms with van der Waals surface area (Å²) in [5.41, 5.74) is 4.84. The van der Waals surface area contributed by atoms with Gasteiger partial charge in [0.2, 0.25) is 0 Å². The van der Waals surface area contributed by atoms with Gasteiger partial charge in [0.1, 0.15) is 5.82 Å². The predicted molar refractivity (Wildman–Crippen MR) is 133 cm³/mol. The number of halogens is 2. The van der Waals surface area contributed by atoms with Crippen molar-refractivity contribution in [3.05, 3.63) is 82.0 Å². The summed E-state index contributed by atoms with van der Waals surface area (Å²) >= 11 is 12.4. The van der Waals surface area contributed by atoms with Crippen LogP contribution < -0.4 is 5.32 Å². The highest BCUT2D eigenvalue weighted by molar-refractivity contribution is 6.35. The maximum atomic E-state index is 6.34. The quantitative estimate of drug-likeness (QED) is 0.382. The molecule has 1 N–H and O–H groups in total. The van der Waals surface area contributed by atoms with E-state index >= 15 is 0 Å². The number of anilines is 1. The molecule has 2 aromatic carbocycles. The van der Waals surface area contributed by atoms with Crippen LogP contribution in [0.1, 0.15) is 24.2 Å². The van der Waals surface area contributed by atoms with Gasteiger partial charge in [-0.15, -0.1) is 0 Å². The molecule has 3 heterocycles. The normalized spacial score (nSPS) is 16.9. The van der Waals surface area contributed by atoms with Crippen molar-refractivity contribution in [1.82, 2.24) is 19.5 Å². The highest BCUT2D eigenvalue weighted by Gasteiger charge is 2.21. The summed E-state index contributed by atoms with van der Waals surface area (Å²) in [7, 11) is 0.